The fraction of sp³-hybridized carbons (Fsp3) is 0.214. The van der Waals surface area contributed by atoms with Crippen LogP contribution in [0.15, 0.2) is 61.1 Å². The van der Waals surface area contributed by atoms with Gasteiger partial charge in [0, 0.05) is 34.9 Å². The third-order valence-corrected chi connectivity index (χ3v) is 6.66. The number of aryl methyl sites for hydroxylation is 3. The lowest BCUT2D eigenvalue weighted by atomic mass is 9.99. The number of fused-ring (bicyclic) bond motifs is 1. The normalized spacial score (nSPS) is 12.1. The Bertz CT molecular complexity index is 1660. The maximum Gasteiger partial charge on any atom is 0.270 e. The molecular formula is C28H26ClFN6O2. The second-order valence-electron chi connectivity index (χ2n) is 9.18. The molecule has 1 atom stereocenters. The van der Waals surface area contributed by atoms with Crippen LogP contribution in [0, 0.1) is 19.7 Å². The van der Waals surface area contributed by atoms with Crippen LogP contribution in [0.1, 0.15) is 45.8 Å². The summed E-state index contributed by atoms with van der Waals surface area (Å²) in [5, 5.41) is 12.5. The Kier molecular flexibility index (Phi) is 6.86. The number of para-hydroxylation sites is 1. The molecule has 0 unspecified atom stereocenters. The van der Waals surface area contributed by atoms with Crippen molar-refractivity contribution < 1.29 is 13.9 Å². The van der Waals surface area contributed by atoms with E-state index in [-0.39, 0.29) is 18.6 Å². The van der Waals surface area contributed by atoms with Crippen molar-refractivity contribution in [2.75, 3.05) is 0 Å². The number of ether oxygens (including phenoxy) is 1. The highest BCUT2D eigenvalue weighted by Crippen LogP contribution is 2.32. The predicted molar refractivity (Wildman–Crippen MR) is 143 cm³/mol. The van der Waals surface area contributed by atoms with Crippen LogP contribution in [-0.4, -0.2) is 30.5 Å². The van der Waals surface area contributed by atoms with Crippen LogP contribution in [0.4, 0.5) is 4.39 Å². The van der Waals surface area contributed by atoms with Crippen molar-refractivity contribution in [3.05, 3.63) is 100.0 Å². The van der Waals surface area contributed by atoms with Gasteiger partial charge in [-0.25, -0.2) is 14.1 Å². The number of benzene rings is 2. The summed E-state index contributed by atoms with van der Waals surface area (Å²) >= 11 is 6.69. The quantitative estimate of drug-likeness (QED) is 0.293. The van der Waals surface area contributed by atoms with E-state index in [1.165, 1.54) is 15.6 Å². The van der Waals surface area contributed by atoms with Gasteiger partial charge in [0.2, 0.25) is 0 Å². The zero-order valence-electron chi connectivity index (χ0n) is 21.4. The minimum atomic E-state index is -0.425. The first-order chi connectivity index (χ1) is 18.2. The van der Waals surface area contributed by atoms with Gasteiger partial charge in [-0.1, -0.05) is 29.8 Å². The summed E-state index contributed by atoms with van der Waals surface area (Å²) in [6.07, 6.45) is 4.06. The fourth-order valence-corrected chi connectivity index (χ4v) is 4.84. The van der Waals surface area contributed by atoms with Gasteiger partial charge in [0.25, 0.3) is 5.91 Å². The summed E-state index contributed by atoms with van der Waals surface area (Å²) in [5.74, 6) is -0.112. The first kappa shape index (κ1) is 25.4. The van der Waals surface area contributed by atoms with Gasteiger partial charge in [-0.3, -0.25) is 9.48 Å². The molecule has 5 aromatic rings. The highest BCUT2D eigenvalue weighted by atomic mass is 35.5. The number of carbonyl (C=O) groups is 1. The summed E-state index contributed by atoms with van der Waals surface area (Å²) in [6, 6.07) is 12.6. The molecule has 10 heteroatoms. The Hall–Kier alpha value is -4.24. The number of rotatable bonds is 7. The minimum Gasteiger partial charge on any atom is -0.487 e. The Morgan fingerprint density at radius 2 is 2.00 bits per heavy atom. The molecule has 0 aliphatic rings. The van der Waals surface area contributed by atoms with Gasteiger partial charge < -0.3 is 10.1 Å². The van der Waals surface area contributed by atoms with E-state index in [2.05, 4.69) is 15.5 Å². The number of nitrogens with zero attached hydrogens (tertiary/aromatic N) is 5. The van der Waals surface area contributed by atoms with Crippen LogP contribution in [0.5, 0.6) is 5.75 Å². The van der Waals surface area contributed by atoms with Gasteiger partial charge in [-0.2, -0.15) is 10.2 Å². The highest BCUT2D eigenvalue weighted by molar-refractivity contribution is 6.31. The zero-order valence-corrected chi connectivity index (χ0v) is 22.1. The second kappa shape index (κ2) is 10.3. The fourth-order valence-electron chi connectivity index (χ4n) is 4.50. The first-order valence-electron chi connectivity index (χ1n) is 12.0. The molecule has 3 aromatic heterocycles. The van der Waals surface area contributed by atoms with E-state index >= 15 is 0 Å². The molecular weight excluding hydrogens is 507 g/mol. The van der Waals surface area contributed by atoms with Gasteiger partial charge in [0.05, 0.1) is 24.1 Å². The summed E-state index contributed by atoms with van der Waals surface area (Å²) in [6.45, 7) is 5.87. The van der Waals surface area contributed by atoms with Crippen LogP contribution < -0.4 is 10.1 Å². The van der Waals surface area contributed by atoms with Crippen molar-refractivity contribution >= 4 is 28.4 Å². The first-order valence-corrected chi connectivity index (χ1v) is 12.4. The SMILES string of the molecule is Cc1cc(Cl)c(COc2cccc3c(-n4cc(F)cn4)cc(C)nc23)c([C@H](C)NC(=O)c2ccnn2C)c1. The standard InChI is InChI=1S/C28H26ClFN6O2/c1-16-10-21(18(3)34-28(37)24-8-9-31-35(24)4)22(23(29)11-16)15-38-26-7-5-6-20-25(12-17(2)33-27(20)26)36-14-19(30)13-32-36/h5-14,18H,15H2,1-4H3,(H,34,37)/t18-/m0/s1. The van der Waals surface area contributed by atoms with Crippen molar-refractivity contribution in [3.63, 3.8) is 0 Å². The lowest BCUT2D eigenvalue weighted by Crippen LogP contribution is -2.29. The third-order valence-electron chi connectivity index (χ3n) is 6.32. The van der Waals surface area contributed by atoms with E-state index in [4.69, 9.17) is 21.3 Å². The number of hydrogen-bond donors (Lipinski definition) is 1. The van der Waals surface area contributed by atoms with Crippen molar-refractivity contribution in [1.82, 2.24) is 29.9 Å². The largest absolute Gasteiger partial charge is 0.487 e. The van der Waals surface area contributed by atoms with E-state index in [1.54, 1.807) is 19.3 Å². The average molecular weight is 533 g/mol. The summed E-state index contributed by atoms with van der Waals surface area (Å²) in [7, 11) is 1.72. The Morgan fingerprint density at radius 1 is 1.18 bits per heavy atom. The van der Waals surface area contributed by atoms with E-state index in [9.17, 15) is 9.18 Å². The zero-order chi connectivity index (χ0) is 27.0. The van der Waals surface area contributed by atoms with Crippen LogP contribution in [0.2, 0.25) is 5.02 Å². The number of nitrogens with one attached hydrogen (secondary N) is 1. The molecule has 0 saturated heterocycles. The number of halogens is 2. The number of hydrogen-bond acceptors (Lipinski definition) is 5. The molecule has 0 saturated carbocycles. The molecule has 5 rings (SSSR count). The molecule has 0 fully saturated rings. The lowest BCUT2D eigenvalue weighted by molar-refractivity contribution is 0.0930. The molecule has 1 amide bonds. The van der Waals surface area contributed by atoms with Crippen molar-refractivity contribution in [1.29, 1.82) is 0 Å². The Labute approximate surface area is 224 Å². The number of pyridine rings is 1. The summed E-state index contributed by atoms with van der Waals surface area (Å²) < 4.78 is 23.0. The van der Waals surface area contributed by atoms with Gasteiger partial charge in [0.1, 0.15) is 23.6 Å². The molecule has 0 radical (unpaired) electrons. The van der Waals surface area contributed by atoms with E-state index < -0.39 is 5.82 Å². The van der Waals surface area contributed by atoms with Crippen LogP contribution in [0.3, 0.4) is 0 Å². The third kappa shape index (κ3) is 4.97. The summed E-state index contributed by atoms with van der Waals surface area (Å²) in [4.78, 5) is 17.5. The maximum absolute atomic E-state index is 13.7. The van der Waals surface area contributed by atoms with Gasteiger partial charge in [-0.15, -0.1) is 0 Å². The van der Waals surface area contributed by atoms with Crippen LogP contribution >= 0.6 is 11.6 Å². The molecule has 194 valence electrons. The number of aromatic nitrogens is 5. The average Bonchev–Trinajstić information content (AvgIpc) is 3.50. The second-order valence-corrected chi connectivity index (χ2v) is 9.58. The van der Waals surface area contributed by atoms with Gasteiger partial charge in [-0.05, 0) is 56.2 Å². The van der Waals surface area contributed by atoms with E-state index in [0.29, 0.717) is 27.7 Å². The molecule has 2 aromatic carbocycles. The molecule has 3 heterocycles. The number of carbonyl (C=O) groups excluding carboxylic acids is 1. The van der Waals surface area contributed by atoms with E-state index in [0.717, 1.165) is 34.0 Å². The molecule has 0 bridgehead atoms. The topological polar surface area (TPSA) is 86.9 Å². The smallest absolute Gasteiger partial charge is 0.270 e. The molecule has 0 aliphatic heterocycles. The maximum atomic E-state index is 13.7. The van der Waals surface area contributed by atoms with Crippen molar-refractivity contribution in [3.8, 4) is 11.4 Å². The van der Waals surface area contributed by atoms with Gasteiger partial charge in [0.15, 0.2) is 5.82 Å². The van der Waals surface area contributed by atoms with Crippen molar-refractivity contribution in [2.45, 2.75) is 33.4 Å². The van der Waals surface area contributed by atoms with Gasteiger partial charge >= 0.3 is 0 Å². The molecule has 0 spiro atoms. The van der Waals surface area contributed by atoms with Crippen LogP contribution in [-0.2, 0) is 13.7 Å². The highest BCUT2D eigenvalue weighted by Gasteiger charge is 2.20. The lowest BCUT2D eigenvalue weighted by Gasteiger charge is -2.21. The summed E-state index contributed by atoms with van der Waals surface area (Å²) in [5.41, 5.74) is 5.09. The predicted octanol–water partition coefficient (Wildman–Crippen LogP) is 5.63. The molecule has 38 heavy (non-hydrogen) atoms. The van der Waals surface area contributed by atoms with E-state index in [1.807, 2.05) is 57.2 Å². The number of amides is 1. The molecule has 8 nitrogen and oxygen atoms in total. The monoisotopic (exact) mass is 532 g/mol. The van der Waals surface area contributed by atoms with Crippen LogP contribution in [0.25, 0.3) is 16.6 Å². The Balaban J connectivity index is 1.47. The minimum absolute atomic E-state index is 0.154. The molecule has 0 aliphatic carbocycles. The Morgan fingerprint density at radius 3 is 2.71 bits per heavy atom. The van der Waals surface area contributed by atoms with Crippen molar-refractivity contribution in [2.24, 2.45) is 7.05 Å². The molecule has 1 N–H and O–H groups in total.